The van der Waals surface area contributed by atoms with Crippen molar-refractivity contribution in [1.29, 1.82) is 0 Å². The van der Waals surface area contributed by atoms with E-state index in [1.54, 1.807) is 11.2 Å². The van der Waals surface area contributed by atoms with Gasteiger partial charge < -0.3 is 0 Å². The quantitative estimate of drug-likeness (QED) is 0.816. The molecule has 1 aliphatic heterocycles. The molecule has 4 nitrogen and oxygen atoms in total. The third-order valence-corrected chi connectivity index (χ3v) is 3.81. The van der Waals surface area contributed by atoms with Gasteiger partial charge in [0.05, 0.1) is 6.21 Å². The molecule has 1 amide bonds. The fourth-order valence-electron chi connectivity index (χ4n) is 2.65. The van der Waals surface area contributed by atoms with E-state index in [2.05, 4.69) is 10.0 Å². The van der Waals surface area contributed by atoms with Crippen molar-refractivity contribution >= 4 is 12.1 Å². The van der Waals surface area contributed by atoms with Gasteiger partial charge in [0.1, 0.15) is 6.17 Å². The lowest BCUT2D eigenvalue weighted by atomic mass is 10.1. The van der Waals surface area contributed by atoms with Crippen LogP contribution in [0.25, 0.3) is 0 Å². The number of hydrazone groups is 1. The largest absolute Gasteiger partial charge is 0.281 e. The Morgan fingerprint density at radius 3 is 2.36 bits per heavy atom. The molecular formula is C18H19N3O. The Morgan fingerprint density at radius 1 is 1.05 bits per heavy atom. The molecule has 0 unspecified atom stereocenters. The second-order valence-electron chi connectivity index (χ2n) is 5.41. The van der Waals surface area contributed by atoms with Gasteiger partial charge >= 0.3 is 0 Å². The maximum atomic E-state index is 12.3. The van der Waals surface area contributed by atoms with Gasteiger partial charge in [-0.05, 0) is 18.2 Å². The van der Waals surface area contributed by atoms with Crippen LogP contribution in [0.2, 0.25) is 0 Å². The van der Waals surface area contributed by atoms with Crippen molar-refractivity contribution in [3.05, 3.63) is 71.8 Å². The maximum Gasteiger partial charge on any atom is 0.245 e. The first-order valence-electron chi connectivity index (χ1n) is 7.42. The Kier molecular flexibility index (Phi) is 4.30. The standard InChI is InChI=1S/C18H19N3O/c1-20-13-12-17(22)21(18(20)16-10-6-3-7-11-16)19-14-15-8-4-2-5-9-15/h2-11,14,18H,12-13H2,1H3/b19-14-/t18-/m1/s1. The van der Waals surface area contributed by atoms with Gasteiger partial charge in [0, 0.05) is 13.0 Å². The predicted molar refractivity (Wildman–Crippen MR) is 87.3 cm³/mol. The van der Waals surface area contributed by atoms with Gasteiger partial charge in [-0.15, -0.1) is 0 Å². The average Bonchev–Trinajstić information content (AvgIpc) is 2.57. The highest BCUT2D eigenvalue weighted by atomic mass is 16.2. The fraction of sp³-hybridized carbons (Fsp3) is 0.222. The number of amides is 1. The van der Waals surface area contributed by atoms with E-state index in [4.69, 9.17) is 0 Å². The lowest BCUT2D eigenvalue weighted by Gasteiger charge is -2.39. The van der Waals surface area contributed by atoms with Crippen LogP contribution in [-0.2, 0) is 4.79 Å². The van der Waals surface area contributed by atoms with E-state index >= 15 is 0 Å². The second-order valence-corrected chi connectivity index (χ2v) is 5.41. The molecule has 1 atom stereocenters. The summed E-state index contributed by atoms with van der Waals surface area (Å²) in [6.45, 7) is 0.746. The minimum Gasteiger partial charge on any atom is -0.281 e. The van der Waals surface area contributed by atoms with Gasteiger partial charge in [-0.2, -0.15) is 5.10 Å². The Labute approximate surface area is 130 Å². The summed E-state index contributed by atoms with van der Waals surface area (Å²) in [6, 6.07) is 19.8. The first-order valence-corrected chi connectivity index (χ1v) is 7.42. The van der Waals surface area contributed by atoms with Crippen LogP contribution in [0.4, 0.5) is 0 Å². The third kappa shape index (κ3) is 3.07. The van der Waals surface area contributed by atoms with Crippen molar-refractivity contribution in [2.45, 2.75) is 12.6 Å². The molecule has 22 heavy (non-hydrogen) atoms. The summed E-state index contributed by atoms with van der Waals surface area (Å²) in [5.74, 6) is 0.0548. The van der Waals surface area contributed by atoms with Crippen LogP contribution in [0.1, 0.15) is 23.7 Å². The van der Waals surface area contributed by atoms with Crippen LogP contribution < -0.4 is 0 Å². The predicted octanol–water partition coefficient (Wildman–Crippen LogP) is 2.88. The van der Waals surface area contributed by atoms with Crippen LogP contribution >= 0.6 is 0 Å². The molecule has 0 spiro atoms. The minimum absolute atomic E-state index is 0.0548. The summed E-state index contributed by atoms with van der Waals surface area (Å²) in [5.41, 5.74) is 2.05. The molecule has 1 fully saturated rings. The topological polar surface area (TPSA) is 35.9 Å². The normalized spacial score (nSPS) is 19.8. The molecule has 2 aromatic rings. The van der Waals surface area contributed by atoms with Crippen molar-refractivity contribution in [3.8, 4) is 0 Å². The number of hydrogen-bond donors (Lipinski definition) is 0. The van der Waals surface area contributed by atoms with E-state index < -0.39 is 0 Å². The number of benzene rings is 2. The van der Waals surface area contributed by atoms with Gasteiger partial charge in [-0.1, -0.05) is 60.7 Å². The van der Waals surface area contributed by atoms with E-state index in [0.29, 0.717) is 6.42 Å². The fourth-order valence-corrected chi connectivity index (χ4v) is 2.65. The van der Waals surface area contributed by atoms with E-state index in [1.807, 2.05) is 67.7 Å². The zero-order valence-corrected chi connectivity index (χ0v) is 12.6. The number of nitrogens with zero attached hydrogens (tertiary/aromatic N) is 3. The Hall–Kier alpha value is -2.46. The first kappa shape index (κ1) is 14.5. The highest BCUT2D eigenvalue weighted by Gasteiger charge is 2.32. The molecule has 0 saturated carbocycles. The first-order chi connectivity index (χ1) is 10.8. The van der Waals surface area contributed by atoms with Crippen LogP contribution in [0.3, 0.4) is 0 Å². The average molecular weight is 293 g/mol. The number of carbonyl (C=O) groups excluding carboxylic acids is 1. The zero-order valence-electron chi connectivity index (χ0n) is 12.6. The Bertz CT molecular complexity index is 655. The van der Waals surface area contributed by atoms with E-state index in [9.17, 15) is 4.79 Å². The summed E-state index contributed by atoms with van der Waals surface area (Å²) in [6.07, 6.45) is 2.08. The van der Waals surface area contributed by atoms with Crippen molar-refractivity contribution in [2.75, 3.05) is 13.6 Å². The summed E-state index contributed by atoms with van der Waals surface area (Å²) < 4.78 is 0. The van der Waals surface area contributed by atoms with Gasteiger partial charge in [0.2, 0.25) is 5.91 Å². The van der Waals surface area contributed by atoms with Crippen LogP contribution in [0.5, 0.6) is 0 Å². The van der Waals surface area contributed by atoms with Crippen molar-refractivity contribution in [3.63, 3.8) is 0 Å². The summed E-state index contributed by atoms with van der Waals surface area (Å²) in [7, 11) is 2.02. The highest BCUT2D eigenvalue weighted by molar-refractivity contribution is 5.83. The molecule has 0 N–H and O–H groups in total. The van der Waals surface area contributed by atoms with Crippen LogP contribution in [-0.4, -0.2) is 35.6 Å². The lowest BCUT2D eigenvalue weighted by Crippen LogP contribution is -2.46. The van der Waals surface area contributed by atoms with Gasteiger partial charge in [0.25, 0.3) is 0 Å². The summed E-state index contributed by atoms with van der Waals surface area (Å²) >= 11 is 0. The molecule has 4 heteroatoms. The molecular weight excluding hydrogens is 274 g/mol. The summed E-state index contributed by atoms with van der Waals surface area (Å²) in [4.78, 5) is 14.5. The van der Waals surface area contributed by atoms with Crippen LogP contribution in [0.15, 0.2) is 65.8 Å². The molecule has 1 saturated heterocycles. The van der Waals surface area contributed by atoms with Crippen LogP contribution in [0, 0.1) is 0 Å². The molecule has 2 aromatic carbocycles. The van der Waals surface area contributed by atoms with Gasteiger partial charge in [-0.3, -0.25) is 9.69 Å². The summed E-state index contributed by atoms with van der Waals surface area (Å²) in [5, 5.41) is 6.05. The zero-order chi connectivity index (χ0) is 15.4. The van der Waals surface area contributed by atoms with Crippen molar-refractivity contribution < 1.29 is 4.79 Å². The van der Waals surface area contributed by atoms with E-state index in [0.717, 1.165) is 17.7 Å². The van der Waals surface area contributed by atoms with E-state index in [-0.39, 0.29) is 12.1 Å². The van der Waals surface area contributed by atoms with Crippen molar-refractivity contribution in [1.82, 2.24) is 9.91 Å². The second kappa shape index (κ2) is 6.54. The third-order valence-electron chi connectivity index (χ3n) is 3.81. The molecule has 0 aliphatic carbocycles. The SMILES string of the molecule is CN1CCC(=O)N(/N=C\c2ccccc2)[C@@H]1c1ccccc1. The van der Waals surface area contributed by atoms with Gasteiger partial charge in [-0.25, -0.2) is 5.01 Å². The number of carbonyl (C=O) groups is 1. The Balaban J connectivity index is 1.90. The molecule has 1 heterocycles. The molecule has 112 valence electrons. The molecule has 0 bridgehead atoms. The molecule has 0 radical (unpaired) electrons. The van der Waals surface area contributed by atoms with Crippen molar-refractivity contribution in [2.24, 2.45) is 5.10 Å². The van der Waals surface area contributed by atoms with Gasteiger partial charge in [0.15, 0.2) is 0 Å². The maximum absolute atomic E-state index is 12.3. The number of hydrogen-bond acceptors (Lipinski definition) is 3. The molecule has 3 rings (SSSR count). The Morgan fingerprint density at radius 2 is 1.68 bits per heavy atom. The van der Waals surface area contributed by atoms with E-state index in [1.165, 1.54) is 0 Å². The monoisotopic (exact) mass is 293 g/mol. The number of rotatable bonds is 3. The minimum atomic E-state index is -0.151. The lowest BCUT2D eigenvalue weighted by molar-refractivity contribution is -0.143. The molecule has 0 aromatic heterocycles. The highest BCUT2D eigenvalue weighted by Crippen LogP contribution is 2.28. The smallest absolute Gasteiger partial charge is 0.245 e. The molecule has 1 aliphatic rings.